The third kappa shape index (κ3) is 8.25. The standard InChI is InChI=1S/C8H11NO5/c10-6(3-4-8(13)14)9-5-1-2-7(11)12/h3-4H,1-2,5H2,(H,9,10)(H,11,12)(H,13,14). The van der Waals surface area contributed by atoms with Crippen LogP contribution in [0.1, 0.15) is 12.8 Å². The fraction of sp³-hybridized carbons (Fsp3) is 0.375. The maximum absolute atomic E-state index is 10.8. The second-order valence-electron chi connectivity index (χ2n) is 2.46. The van der Waals surface area contributed by atoms with Crippen LogP contribution in [0.15, 0.2) is 12.2 Å². The summed E-state index contributed by atoms with van der Waals surface area (Å²) in [5.41, 5.74) is 0. The Morgan fingerprint density at radius 2 is 1.79 bits per heavy atom. The van der Waals surface area contributed by atoms with Gasteiger partial charge in [-0.25, -0.2) is 4.79 Å². The second-order valence-corrected chi connectivity index (χ2v) is 2.46. The molecule has 0 atom stereocenters. The van der Waals surface area contributed by atoms with Gasteiger partial charge in [0.05, 0.1) is 0 Å². The van der Waals surface area contributed by atoms with Crippen molar-refractivity contribution in [1.82, 2.24) is 5.32 Å². The SMILES string of the molecule is O=C(O)C=CC(=O)NCCCC(=O)O. The molecule has 0 aliphatic heterocycles. The summed E-state index contributed by atoms with van der Waals surface area (Å²) in [5, 5.41) is 18.8. The summed E-state index contributed by atoms with van der Waals surface area (Å²) in [6.07, 6.45) is 1.89. The van der Waals surface area contributed by atoms with Gasteiger partial charge in [-0.15, -0.1) is 0 Å². The van der Waals surface area contributed by atoms with E-state index in [0.29, 0.717) is 12.5 Å². The number of nitrogens with one attached hydrogen (secondary N) is 1. The van der Waals surface area contributed by atoms with E-state index in [1.54, 1.807) is 0 Å². The van der Waals surface area contributed by atoms with Crippen molar-refractivity contribution in [1.29, 1.82) is 0 Å². The molecule has 78 valence electrons. The Bertz CT molecular complexity index is 258. The first-order chi connectivity index (χ1) is 6.52. The van der Waals surface area contributed by atoms with Gasteiger partial charge in [0.15, 0.2) is 0 Å². The van der Waals surface area contributed by atoms with Crippen molar-refractivity contribution in [2.75, 3.05) is 6.54 Å². The molecule has 0 radical (unpaired) electrons. The minimum Gasteiger partial charge on any atom is -0.481 e. The molecule has 1 amide bonds. The molecular formula is C8H11NO5. The van der Waals surface area contributed by atoms with E-state index >= 15 is 0 Å². The fourth-order valence-corrected chi connectivity index (χ4v) is 0.657. The molecule has 6 nitrogen and oxygen atoms in total. The molecule has 0 fully saturated rings. The maximum Gasteiger partial charge on any atom is 0.328 e. The van der Waals surface area contributed by atoms with Gasteiger partial charge in [-0.3, -0.25) is 9.59 Å². The van der Waals surface area contributed by atoms with Crippen LogP contribution in [-0.2, 0) is 14.4 Å². The van der Waals surface area contributed by atoms with Crippen LogP contribution in [-0.4, -0.2) is 34.6 Å². The van der Waals surface area contributed by atoms with E-state index in [2.05, 4.69) is 5.32 Å². The molecule has 0 aliphatic rings. The normalized spacial score (nSPS) is 10.0. The van der Waals surface area contributed by atoms with Gasteiger partial charge in [0.25, 0.3) is 0 Å². The van der Waals surface area contributed by atoms with Gasteiger partial charge in [-0.05, 0) is 6.42 Å². The fourth-order valence-electron chi connectivity index (χ4n) is 0.657. The number of hydrogen-bond acceptors (Lipinski definition) is 3. The summed E-state index contributed by atoms with van der Waals surface area (Å²) >= 11 is 0. The Kier molecular flexibility index (Phi) is 5.77. The molecule has 0 rings (SSSR count). The molecule has 3 N–H and O–H groups in total. The molecule has 0 heterocycles. The van der Waals surface area contributed by atoms with Crippen LogP contribution < -0.4 is 5.32 Å². The lowest BCUT2D eigenvalue weighted by atomic mass is 10.3. The molecule has 0 unspecified atom stereocenters. The van der Waals surface area contributed by atoms with Gasteiger partial charge in [0.1, 0.15) is 0 Å². The monoisotopic (exact) mass is 201 g/mol. The summed E-state index contributed by atoms with van der Waals surface area (Å²) in [6.45, 7) is 0.217. The molecule has 0 aromatic heterocycles. The predicted molar refractivity (Wildman–Crippen MR) is 46.7 cm³/mol. The van der Waals surface area contributed by atoms with Crippen molar-refractivity contribution in [3.63, 3.8) is 0 Å². The van der Waals surface area contributed by atoms with Crippen LogP contribution in [0.3, 0.4) is 0 Å². The van der Waals surface area contributed by atoms with Crippen LogP contribution in [0.2, 0.25) is 0 Å². The minimum atomic E-state index is -1.20. The summed E-state index contributed by atoms with van der Waals surface area (Å²) < 4.78 is 0. The molecular weight excluding hydrogens is 190 g/mol. The number of carbonyl (C=O) groups excluding carboxylic acids is 1. The number of amides is 1. The largest absolute Gasteiger partial charge is 0.481 e. The highest BCUT2D eigenvalue weighted by Crippen LogP contribution is 1.86. The Morgan fingerprint density at radius 1 is 1.14 bits per heavy atom. The van der Waals surface area contributed by atoms with Gasteiger partial charge in [0.2, 0.25) is 5.91 Å². The van der Waals surface area contributed by atoms with Crippen LogP contribution in [0.25, 0.3) is 0 Å². The highest BCUT2D eigenvalue weighted by Gasteiger charge is 1.98. The zero-order valence-electron chi connectivity index (χ0n) is 7.40. The molecule has 0 bridgehead atoms. The smallest absolute Gasteiger partial charge is 0.328 e. The van der Waals surface area contributed by atoms with Crippen molar-refractivity contribution >= 4 is 17.8 Å². The van der Waals surface area contributed by atoms with Gasteiger partial charge in [-0.1, -0.05) is 0 Å². The van der Waals surface area contributed by atoms with Crippen LogP contribution in [0.4, 0.5) is 0 Å². The number of rotatable bonds is 6. The Morgan fingerprint density at radius 3 is 2.29 bits per heavy atom. The van der Waals surface area contributed by atoms with Gasteiger partial charge < -0.3 is 15.5 Å². The zero-order valence-corrected chi connectivity index (χ0v) is 7.40. The lowest BCUT2D eigenvalue weighted by Crippen LogP contribution is -2.22. The van der Waals surface area contributed by atoms with Crippen molar-refractivity contribution in [2.24, 2.45) is 0 Å². The van der Waals surface area contributed by atoms with Crippen LogP contribution in [0, 0.1) is 0 Å². The predicted octanol–water partition coefficient (Wildman–Crippen LogP) is -0.392. The number of aliphatic carboxylic acids is 2. The molecule has 0 aliphatic carbocycles. The van der Waals surface area contributed by atoms with Crippen molar-refractivity contribution in [3.05, 3.63) is 12.2 Å². The Labute approximate surface area is 80.2 Å². The van der Waals surface area contributed by atoms with Crippen LogP contribution >= 0.6 is 0 Å². The topological polar surface area (TPSA) is 104 Å². The van der Waals surface area contributed by atoms with Crippen molar-refractivity contribution in [2.45, 2.75) is 12.8 Å². The minimum absolute atomic E-state index is 0.0249. The first kappa shape index (κ1) is 12.2. The van der Waals surface area contributed by atoms with E-state index in [0.717, 1.165) is 6.08 Å². The van der Waals surface area contributed by atoms with Gasteiger partial charge >= 0.3 is 11.9 Å². The summed E-state index contributed by atoms with van der Waals surface area (Å²) in [5.74, 6) is -2.68. The highest BCUT2D eigenvalue weighted by molar-refractivity contribution is 5.93. The average molecular weight is 201 g/mol. The summed E-state index contributed by atoms with van der Waals surface area (Å²) in [4.78, 5) is 30.8. The molecule has 6 heteroatoms. The van der Waals surface area contributed by atoms with E-state index in [4.69, 9.17) is 10.2 Å². The van der Waals surface area contributed by atoms with Gasteiger partial charge in [-0.2, -0.15) is 0 Å². The van der Waals surface area contributed by atoms with E-state index in [1.165, 1.54) is 0 Å². The van der Waals surface area contributed by atoms with E-state index in [9.17, 15) is 14.4 Å². The van der Waals surface area contributed by atoms with Crippen LogP contribution in [0.5, 0.6) is 0 Å². The highest BCUT2D eigenvalue weighted by atomic mass is 16.4. The Hall–Kier alpha value is -1.85. The summed E-state index contributed by atoms with van der Waals surface area (Å²) in [7, 11) is 0. The lowest BCUT2D eigenvalue weighted by Gasteiger charge is -1.98. The van der Waals surface area contributed by atoms with E-state index in [1.807, 2.05) is 0 Å². The zero-order chi connectivity index (χ0) is 11.0. The average Bonchev–Trinajstić information content (AvgIpc) is 2.08. The first-order valence-corrected chi connectivity index (χ1v) is 3.93. The van der Waals surface area contributed by atoms with Gasteiger partial charge in [0, 0.05) is 25.1 Å². The van der Waals surface area contributed by atoms with Crippen molar-refractivity contribution in [3.8, 4) is 0 Å². The number of carbonyl (C=O) groups is 3. The summed E-state index contributed by atoms with van der Waals surface area (Å²) in [6, 6.07) is 0. The first-order valence-electron chi connectivity index (χ1n) is 3.93. The lowest BCUT2D eigenvalue weighted by molar-refractivity contribution is -0.137. The Balaban J connectivity index is 3.55. The second kappa shape index (κ2) is 6.64. The quantitative estimate of drug-likeness (QED) is 0.401. The molecule has 14 heavy (non-hydrogen) atoms. The third-order valence-electron chi connectivity index (χ3n) is 1.24. The molecule has 0 saturated carbocycles. The number of carboxylic acid groups (broad SMARTS) is 2. The van der Waals surface area contributed by atoms with E-state index < -0.39 is 17.8 Å². The molecule has 0 aromatic carbocycles. The number of hydrogen-bond donors (Lipinski definition) is 3. The molecule has 0 saturated heterocycles. The molecule has 0 spiro atoms. The third-order valence-corrected chi connectivity index (χ3v) is 1.24. The maximum atomic E-state index is 10.8. The molecule has 0 aromatic rings. The van der Waals surface area contributed by atoms with Crippen molar-refractivity contribution < 1.29 is 24.6 Å². The van der Waals surface area contributed by atoms with E-state index in [-0.39, 0.29) is 13.0 Å². The number of carboxylic acids is 2.